The summed E-state index contributed by atoms with van der Waals surface area (Å²) in [6.07, 6.45) is 12.7. The van der Waals surface area contributed by atoms with Crippen molar-refractivity contribution in [2.45, 2.75) is 26.2 Å². The van der Waals surface area contributed by atoms with E-state index in [0.717, 1.165) is 36.3 Å². The summed E-state index contributed by atoms with van der Waals surface area (Å²) < 4.78 is 20.0. The fourth-order valence-corrected chi connectivity index (χ4v) is 3.89. The maximum atomic E-state index is 14.8. The number of ether oxygens (including phenoxy) is 1. The van der Waals surface area contributed by atoms with Gasteiger partial charge in [0.05, 0.1) is 18.6 Å². The molecule has 0 fully saturated rings. The minimum Gasteiger partial charge on any atom is -0.383 e. The third-order valence-electron chi connectivity index (χ3n) is 5.06. The summed E-state index contributed by atoms with van der Waals surface area (Å²) in [7, 11) is 1.69. The van der Waals surface area contributed by atoms with Gasteiger partial charge in [-0.3, -0.25) is 0 Å². The first-order chi connectivity index (χ1) is 14.6. The predicted octanol–water partition coefficient (Wildman–Crippen LogP) is 5.96. The Hall–Kier alpha value is -2.57. The van der Waals surface area contributed by atoms with E-state index in [2.05, 4.69) is 27.9 Å². The van der Waals surface area contributed by atoms with Crippen LogP contribution in [-0.2, 0) is 4.74 Å². The number of aromatic nitrogens is 1. The van der Waals surface area contributed by atoms with E-state index in [1.165, 1.54) is 11.3 Å². The minimum absolute atomic E-state index is 0.0110. The number of hydrogen-bond acceptors (Lipinski definition) is 4. The van der Waals surface area contributed by atoms with Crippen LogP contribution < -0.4 is 0 Å². The molecule has 0 radical (unpaired) electrons. The van der Waals surface area contributed by atoms with Crippen LogP contribution in [0.25, 0.3) is 5.57 Å². The molecule has 30 heavy (non-hydrogen) atoms. The lowest BCUT2D eigenvalue weighted by molar-refractivity contribution is 0.179. The highest BCUT2D eigenvalue weighted by molar-refractivity contribution is 7.13. The molecule has 4 nitrogen and oxygen atoms in total. The van der Waals surface area contributed by atoms with Crippen molar-refractivity contribution in [1.29, 1.82) is 0 Å². The van der Waals surface area contributed by atoms with Gasteiger partial charge in [0.25, 0.3) is 0 Å². The van der Waals surface area contributed by atoms with Crippen LogP contribution in [0.3, 0.4) is 0 Å². The van der Waals surface area contributed by atoms with Crippen LogP contribution in [0.15, 0.2) is 59.0 Å². The van der Waals surface area contributed by atoms with Gasteiger partial charge < -0.3 is 9.64 Å². The molecular formula is C24H28FN3OS. The molecule has 2 aromatic rings. The molecule has 1 aliphatic carbocycles. The zero-order valence-electron chi connectivity index (χ0n) is 17.7. The summed E-state index contributed by atoms with van der Waals surface area (Å²) in [5.74, 6) is -0.223. The van der Waals surface area contributed by atoms with Gasteiger partial charge in [-0.15, -0.1) is 11.3 Å². The number of nitrogens with zero attached hydrogens (tertiary/aromatic N) is 3. The van der Waals surface area contributed by atoms with Crippen LogP contribution in [0, 0.1) is 5.82 Å². The number of aliphatic imine (C=N–C) groups is 1. The Morgan fingerprint density at radius 1 is 1.37 bits per heavy atom. The third kappa shape index (κ3) is 5.74. The van der Waals surface area contributed by atoms with Crippen LogP contribution >= 0.6 is 11.3 Å². The van der Waals surface area contributed by atoms with E-state index in [4.69, 9.17) is 4.74 Å². The fourth-order valence-electron chi connectivity index (χ4n) is 3.14. The van der Waals surface area contributed by atoms with Crippen molar-refractivity contribution < 1.29 is 9.13 Å². The highest BCUT2D eigenvalue weighted by Crippen LogP contribution is 2.31. The summed E-state index contributed by atoms with van der Waals surface area (Å²) in [5.41, 5.74) is 3.31. The SMILES string of the molecule is CCN(/C=N/c1nc(C(C)c2ccc(C3=CC=CCC=C3)c(F)c2)cs1)CCOC. The summed E-state index contributed by atoms with van der Waals surface area (Å²) >= 11 is 1.49. The number of rotatable bonds is 9. The van der Waals surface area contributed by atoms with E-state index in [1.54, 1.807) is 13.2 Å². The largest absolute Gasteiger partial charge is 0.383 e. The third-order valence-corrected chi connectivity index (χ3v) is 5.83. The molecule has 1 aromatic heterocycles. The van der Waals surface area contributed by atoms with Gasteiger partial charge in [-0.05, 0) is 30.5 Å². The molecule has 1 heterocycles. The van der Waals surface area contributed by atoms with Gasteiger partial charge >= 0.3 is 0 Å². The average molecular weight is 426 g/mol. The van der Waals surface area contributed by atoms with Crippen molar-refractivity contribution in [2.75, 3.05) is 26.8 Å². The smallest absolute Gasteiger partial charge is 0.210 e. The van der Waals surface area contributed by atoms with Crippen molar-refractivity contribution in [3.8, 4) is 0 Å². The average Bonchev–Trinajstić information content (AvgIpc) is 3.07. The molecule has 0 spiro atoms. The summed E-state index contributed by atoms with van der Waals surface area (Å²) in [6.45, 7) is 6.42. The highest BCUT2D eigenvalue weighted by atomic mass is 32.1. The van der Waals surface area contributed by atoms with Gasteiger partial charge in [-0.25, -0.2) is 14.4 Å². The first kappa shape index (κ1) is 22.1. The molecule has 6 heteroatoms. The first-order valence-corrected chi connectivity index (χ1v) is 11.1. The molecule has 1 aliphatic rings. The number of allylic oxidation sites excluding steroid dienone is 6. The Kier molecular flexibility index (Phi) is 8.11. The molecule has 0 bridgehead atoms. The number of thiazole rings is 1. The van der Waals surface area contributed by atoms with Crippen LogP contribution in [-0.4, -0.2) is 43.0 Å². The summed E-state index contributed by atoms with van der Waals surface area (Å²) in [5, 5.41) is 2.70. The van der Waals surface area contributed by atoms with Gasteiger partial charge in [-0.2, -0.15) is 0 Å². The molecule has 0 aliphatic heterocycles. The van der Waals surface area contributed by atoms with Crippen LogP contribution in [0.2, 0.25) is 0 Å². The van der Waals surface area contributed by atoms with Gasteiger partial charge in [0.15, 0.2) is 0 Å². The number of halogens is 1. The number of methoxy groups -OCH3 is 1. The van der Waals surface area contributed by atoms with E-state index in [0.29, 0.717) is 17.3 Å². The number of benzene rings is 1. The van der Waals surface area contributed by atoms with Crippen LogP contribution in [0.1, 0.15) is 43.0 Å². The predicted molar refractivity (Wildman–Crippen MR) is 124 cm³/mol. The molecular weight excluding hydrogens is 397 g/mol. The van der Waals surface area contributed by atoms with Crippen LogP contribution in [0.5, 0.6) is 0 Å². The minimum atomic E-state index is -0.212. The topological polar surface area (TPSA) is 37.7 Å². The second-order valence-corrected chi connectivity index (χ2v) is 7.91. The number of hydrogen-bond donors (Lipinski definition) is 0. The van der Waals surface area contributed by atoms with Gasteiger partial charge in [-0.1, -0.05) is 49.4 Å². The molecule has 0 saturated carbocycles. The zero-order valence-corrected chi connectivity index (χ0v) is 18.5. The lowest BCUT2D eigenvalue weighted by Gasteiger charge is -2.15. The molecule has 0 N–H and O–H groups in total. The van der Waals surface area contributed by atoms with Crippen molar-refractivity contribution >= 4 is 28.4 Å². The van der Waals surface area contributed by atoms with Crippen molar-refractivity contribution in [1.82, 2.24) is 9.88 Å². The normalized spacial score (nSPS) is 14.7. The Labute approximate surface area is 182 Å². The lowest BCUT2D eigenvalue weighted by Crippen LogP contribution is -2.25. The molecule has 3 rings (SSSR count). The van der Waals surface area contributed by atoms with E-state index in [9.17, 15) is 4.39 Å². The van der Waals surface area contributed by atoms with Crippen LogP contribution in [0.4, 0.5) is 9.52 Å². The van der Waals surface area contributed by atoms with Gasteiger partial charge in [0.2, 0.25) is 5.13 Å². The second kappa shape index (κ2) is 11.0. The highest BCUT2D eigenvalue weighted by Gasteiger charge is 2.15. The van der Waals surface area contributed by atoms with E-state index in [1.807, 2.05) is 55.1 Å². The standard InChI is InChI=1S/C24H28FN3OS/c1-4-28(13-14-29-3)17-26-24-27-23(16-30-24)18(2)20-11-12-21(22(25)15-20)19-9-7-5-6-8-10-19/h5,7-12,15-18H,4,6,13-14H2,1-3H3/b26-17+. The molecule has 0 saturated heterocycles. The Morgan fingerprint density at radius 2 is 2.23 bits per heavy atom. The maximum absolute atomic E-state index is 14.8. The van der Waals surface area contributed by atoms with Crippen molar-refractivity contribution in [3.63, 3.8) is 0 Å². The first-order valence-electron chi connectivity index (χ1n) is 10.2. The Bertz CT molecular complexity index is 961. The van der Waals surface area contributed by atoms with Gasteiger partial charge in [0, 0.05) is 37.1 Å². The molecule has 0 amide bonds. The van der Waals surface area contributed by atoms with E-state index < -0.39 is 0 Å². The van der Waals surface area contributed by atoms with Crippen molar-refractivity contribution in [3.05, 3.63) is 76.6 Å². The Balaban J connectivity index is 1.73. The van der Waals surface area contributed by atoms with Crippen molar-refractivity contribution in [2.24, 2.45) is 4.99 Å². The molecule has 1 unspecified atom stereocenters. The molecule has 158 valence electrons. The summed E-state index contributed by atoms with van der Waals surface area (Å²) in [6, 6.07) is 5.46. The Morgan fingerprint density at radius 3 is 3.00 bits per heavy atom. The molecule has 1 aromatic carbocycles. The van der Waals surface area contributed by atoms with Gasteiger partial charge in [0.1, 0.15) is 5.82 Å². The van der Waals surface area contributed by atoms with E-state index >= 15 is 0 Å². The summed E-state index contributed by atoms with van der Waals surface area (Å²) in [4.78, 5) is 11.2. The quantitative estimate of drug-likeness (QED) is 0.367. The monoisotopic (exact) mass is 425 g/mol. The second-order valence-electron chi connectivity index (χ2n) is 7.07. The molecule has 1 atom stereocenters. The number of likely N-dealkylation sites (N-methyl/N-ethyl adjacent to an activating group) is 1. The van der Waals surface area contributed by atoms with E-state index in [-0.39, 0.29) is 11.7 Å². The fraction of sp³-hybridized carbons (Fsp3) is 0.333. The maximum Gasteiger partial charge on any atom is 0.210 e. The zero-order chi connectivity index (χ0) is 21.3. The lowest BCUT2D eigenvalue weighted by atomic mass is 9.95.